The molecule has 0 spiro atoms. The van der Waals surface area contributed by atoms with Crippen molar-refractivity contribution in [3.63, 3.8) is 0 Å². The van der Waals surface area contributed by atoms with Crippen LogP contribution in [0.2, 0.25) is 0 Å². The van der Waals surface area contributed by atoms with Gasteiger partial charge in [-0.15, -0.1) is 0 Å². The molecule has 0 aromatic heterocycles. The summed E-state index contributed by atoms with van der Waals surface area (Å²) < 4.78 is 0. The minimum atomic E-state index is -1.30. The van der Waals surface area contributed by atoms with Gasteiger partial charge in [0, 0.05) is 34.9 Å². The molecule has 5 nitrogen and oxygen atoms in total. The van der Waals surface area contributed by atoms with Crippen molar-refractivity contribution in [1.29, 1.82) is 0 Å². The molecule has 0 heterocycles. The quantitative estimate of drug-likeness (QED) is 0.679. The zero-order chi connectivity index (χ0) is 21.8. The summed E-state index contributed by atoms with van der Waals surface area (Å²) in [7, 11) is 0. The Hall–Kier alpha value is -2.43. The van der Waals surface area contributed by atoms with Gasteiger partial charge in [0.25, 0.3) is 0 Å². The molecule has 2 unspecified atom stereocenters. The molecular formula is C24H28O5. The van der Waals surface area contributed by atoms with E-state index in [4.69, 9.17) is 0 Å². The number of hydrogen-bond donors (Lipinski definition) is 0. The van der Waals surface area contributed by atoms with Crippen molar-refractivity contribution in [2.75, 3.05) is 0 Å². The summed E-state index contributed by atoms with van der Waals surface area (Å²) in [6.45, 7) is 11.2. The van der Waals surface area contributed by atoms with Gasteiger partial charge in [-0.3, -0.25) is 24.0 Å². The van der Waals surface area contributed by atoms with Crippen LogP contribution in [-0.4, -0.2) is 28.9 Å². The van der Waals surface area contributed by atoms with E-state index < -0.39 is 28.8 Å². The molecule has 0 saturated carbocycles. The Balaban J connectivity index is 2.04. The predicted molar refractivity (Wildman–Crippen MR) is 108 cm³/mol. The highest BCUT2D eigenvalue weighted by molar-refractivity contribution is 6.36. The Morgan fingerprint density at radius 2 is 1.28 bits per heavy atom. The minimum absolute atomic E-state index is 0.0463. The van der Waals surface area contributed by atoms with Crippen LogP contribution in [0.25, 0.3) is 0 Å². The van der Waals surface area contributed by atoms with Gasteiger partial charge in [-0.1, -0.05) is 41.5 Å². The molecule has 0 saturated heterocycles. The first kappa shape index (κ1) is 21.3. The topological polar surface area (TPSA) is 85.3 Å². The molecular weight excluding hydrogens is 368 g/mol. The van der Waals surface area contributed by atoms with Crippen molar-refractivity contribution >= 4 is 28.9 Å². The summed E-state index contributed by atoms with van der Waals surface area (Å²) in [6, 6.07) is 3.02. The lowest BCUT2D eigenvalue weighted by molar-refractivity contribution is -0.123. The number of benzene rings is 1. The van der Waals surface area contributed by atoms with Gasteiger partial charge in [-0.05, 0) is 29.5 Å². The first-order chi connectivity index (χ1) is 13.4. The number of carbonyl (C=O) groups excluding carboxylic acids is 5. The first-order valence-electron chi connectivity index (χ1n) is 10.2. The van der Waals surface area contributed by atoms with Crippen LogP contribution in [0.15, 0.2) is 12.1 Å². The first-order valence-corrected chi connectivity index (χ1v) is 10.2. The number of carbonyl (C=O) groups is 5. The molecule has 1 aromatic carbocycles. The van der Waals surface area contributed by atoms with Crippen molar-refractivity contribution in [1.82, 2.24) is 0 Å². The molecule has 3 rings (SSSR count). The molecule has 2 atom stereocenters. The van der Waals surface area contributed by atoms with E-state index in [-0.39, 0.29) is 46.7 Å². The zero-order valence-electron chi connectivity index (χ0n) is 17.9. The van der Waals surface area contributed by atoms with E-state index >= 15 is 0 Å². The molecule has 0 amide bonds. The fraction of sp³-hybridized carbons (Fsp3) is 0.542. The van der Waals surface area contributed by atoms with E-state index in [0.29, 0.717) is 17.5 Å². The Bertz CT molecular complexity index is 948. The van der Waals surface area contributed by atoms with Crippen molar-refractivity contribution in [3.8, 4) is 0 Å². The van der Waals surface area contributed by atoms with E-state index in [2.05, 4.69) is 0 Å². The maximum atomic E-state index is 13.1. The van der Waals surface area contributed by atoms with Gasteiger partial charge in [-0.25, -0.2) is 0 Å². The number of rotatable bonds is 6. The van der Waals surface area contributed by atoms with E-state index in [1.54, 1.807) is 6.07 Å². The highest BCUT2D eigenvalue weighted by Gasteiger charge is 2.52. The Morgan fingerprint density at radius 1 is 0.793 bits per heavy atom. The van der Waals surface area contributed by atoms with E-state index in [0.717, 1.165) is 0 Å². The standard InChI is InChI=1S/C24H28O5/c1-11(2)7-17(25)19-21(27)13-9-15-16(10-14(13)22(19)28)24(5,6)20(23(15)29)18(26)8-12(3)4/h9-12,19-20H,7-8H2,1-6H3. The molecule has 0 radical (unpaired) electrons. The fourth-order valence-electron chi connectivity index (χ4n) is 4.69. The SMILES string of the molecule is CC(C)CC(=O)C1C(=O)c2cc3c(cc2C1=O)C(C)(C)C(C(=O)CC(C)C)C3=O. The highest BCUT2D eigenvalue weighted by atomic mass is 16.2. The molecule has 0 N–H and O–H groups in total. The van der Waals surface area contributed by atoms with Crippen LogP contribution in [0.1, 0.15) is 91.0 Å². The third-order valence-corrected chi connectivity index (χ3v) is 6.02. The number of fused-ring (bicyclic) bond motifs is 2. The average molecular weight is 396 g/mol. The number of hydrogen-bond acceptors (Lipinski definition) is 5. The molecule has 0 bridgehead atoms. The van der Waals surface area contributed by atoms with Crippen molar-refractivity contribution in [3.05, 3.63) is 34.4 Å². The summed E-state index contributed by atoms with van der Waals surface area (Å²) in [5.41, 5.74) is 0.512. The smallest absolute Gasteiger partial charge is 0.181 e. The molecule has 0 fully saturated rings. The van der Waals surface area contributed by atoms with Crippen molar-refractivity contribution < 1.29 is 24.0 Å². The Kier molecular flexibility index (Phi) is 5.22. The molecule has 1 aromatic rings. The molecule has 2 aliphatic carbocycles. The van der Waals surface area contributed by atoms with E-state index in [9.17, 15) is 24.0 Å². The van der Waals surface area contributed by atoms with Crippen LogP contribution in [0.3, 0.4) is 0 Å². The average Bonchev–Trinajstić information content (AvgIpc) is 2.93. The van der Waals surface area contributed by atoms with Gasteiger partial charge >= 0.3 is 0 Å². The molecule has 29 heavy (non-hydrogen) atoms. The second kappa shape index (κ2) is 7.12. The van der Waals surface area contributed by atoms with Crippen LogP contribution in [0.5, 0.6) is 0 Å². The van der Waals surface area contributed by atoms with Crippen LogP contribution in [-0.2, 0) is 15.0 Å². The third-order valence-electron chi connectivity index (χ3n) is 6.02. The number of Topliss-reactive ketones (excluding diaryl/α,β-unsaturated/α-hetero) is 5. The lowest BCUT2D eigenvalue weighted by atomic mass is 9.74. The molecule has 0 aliphatic heterocycles. The van der Waals surface area contributed by atoms with Gasteiger partial charge in [-0.2, -0.15) is 0 Å². The maximum absolute atomic E-state index is 13.1. The van der Waals surface area contributed by atoms with Crippen molar-refractivity contribution in [2.24, 2.45) is 23.7 Å². The van der Waals surface area contributed by atoms with Gasteiger partial charge in [0.15, 0.2) is 23.1 Å². The normalized spacial score (nSPS) is 22.4. The Morgan fingerprint density at radius 3 is 1.79 bits per heavy atom. The zero-order valence-corrected chi connectivity index (χ0v) is 17.9. The lowest BCUT2D eigenvalue weighted by Crippen LogP contribution is -2.34. The second-order valence-corrected chi connectivity index (χ2v) is 9.75. The largest absolute Gasteiger partial charge is 0.299 e. The van der Waals surface area contributed by atoms with E-state index in [1.165, 1.54) is 6.07 Å². The van der Waals surface area contributed by atoms with Gasteiger partial charge in [0.05, 0.1) is 5.92 Å². The van der Waals surface area contributed by atoms with Crippen molar-refractivity contribution in [2.45, 2.75) is 59.8 Å². The van der Waals surface area contributed by atoms with Crippen LogP contribution in [0.4, 0.5) is 0 Å². The van der Waals surface area contributed by atoms with Crippen LogP contribution >= 0.6 is 0 Å². The van der Waals surface area contributed by atoms with Gasteiger partial charge in [0.1, 0.15) is 11.7 Å². The molecule has 2 aliphatic rings. The van der Waals surface area contributed by atoms with Gasteiger partial charge in [0.2, 0.25) is 0 Å². The minimum Gasteiger partial charge on any atom is -0.299 e. The lowest BCUT2D eigenvalue weighted by Gasteiger charge is -2.26. The number of ketones is 5. The molecule has 5 heteroatoms. The summed E-state index contributed by atoms with van der Waals surface area (Å²) in [4.78, 5) is 64.1. The summed E-state index contributed by atoms with van der Waals surface area (Å²) in [5.74, 6) is -3.73. The van der Waals surface area contributed by atoms with Crippen LogP contribution < -0.4 is 0 Å². The summed E-state index contributed by atoms with van der Waals surface area (Å²) in [6.07, 6.45) is 0.462. The van der Waals surface area contributed by atoms with Crippen LogP contribution in [0, 0.1) is 23.7 Å². The Labute approximate surface area is 171 Å². The maximum Gasteiger partial charge on any atom is 0.181 e. The van der Waals surface area contributed by atoms with E-state index in [1.807, 2.05) is 41.5 Å². The highest BCUT2D eigenvalue weighted by Crippen LogP contribution is 2.46. The predicted octanol–water partition coefficient (Wildman–Crippen LogP) is 4.00. The third kappa shape index (κ3) is 3.30. The fourth-order valence-corrected chi connectivity index (χ4v) is 4.69. The molecule has 154 valence electrons. The summed E-state index contributed by atoms with van der Waals surface area (Å²) >= 11 is 0. The summed E-state index contributed by atoms with van der Waals surface area (Å²) in [5, 5.41) is 0. The monoisotopic (exact) mass is 396 g/mol. The second-order valence-electron chi connectivity index (χ2n) is 9.75. The van der Waals surface area contributed by atoms with Gasteiger partial charge < -0.3 is 0 Å².